The first-order valence-electron chi connectivity index (χ1n) is 5.19. The molecule has 7 heteroatoms. The highest BCUT2D eigenvalue weighted by Crippen LogP contribution is 2.35. The molecule has 0 unspecified atom stereocenters. The number of nitrogens with zero attached hydrogens (tertiary/aromatic N) is 2. The normalized spacial score (nSPS) is 15.5. The molecule has 2 rings (SSSR count). The molecule has 0 aliphatic heterocycles. The van der Waals surface area contributed by atoms with Crippen LogP contribution < -0.4 is 5.32 Å². The first-order valence-corrected chi connectivity index (χ1v) is 5.19. The minimum atomic E-state index is -0.881. The van der Waals surface area contributed by atoms with Crippen molar-refractivity contribution in [3.8, 4) is 11.8 Å². The van der Waals surface area contributed by atoms with Gasteiger partial charge < -0.3 is 10.4 Å². The zero-order valence-electron chi connectivity index (χ0n) is 9.21. The summed E-state index contributed by atoms with van der Waals surface area (Å²) in [5.41, 5.74) is -1.38. The lowest BCUT2D eigenvalue weighted by molar-refractivity contribution is -0.384. The quantitative estimate of drug-likeness (QED) is 0.612. The maximum absolute atomic E-state index is 11.8. The SMILES string of the molecule is N#CC1(NC(=O)c2cc([N+](=O)[O-])ccc2O)CC1. The highest BCUT2D eigenvalue weighted by molar-refractivity contribution is 5.98. The second-order valence-electron chi connectivity index (χ2n) is 4.11. The summed E-state index contributed by atoms with van der Waals surface area (Å²) in [6.07, 6.45) is 1.09. The molecule has 0 aromatic heterocycles. The summed E-state index contributed by atoms with van der Waals surface area (Å²) >= 11 is 0. The Labute approximate surface area is 102 Å². The van der Waals surface area contributed by atoms with E-state index in [1.54, 1.807) is 0 Å². The van der Waals surface area contributed by atoms with Crippen LogP contribution in [0.4, 0.5) is 5.69 Å². The molecule has 1 aromatic carbocycles. The second-order valence-corrected chi connectivity index (χ2v) is 4.11. The van der Waals surface area contributed by atoms with E-state index < -0.39 is 16.4 Å². The number of nitriles is 1. The summed E-state index contributed by atoms with van der Waals surface area (Å²) in [6.45, 7) is 0. The van der Waals surface area contributed by atoms with Crippen molar-refractivity contribution in [2.75, 3.05) is 0 Å². The number of hydrogen-bond acceptors (Lipinski definition) is 5. The first kappa shape index (κ1) is 11.9. The standard InChI is InChI=1S/C11H9N3O4/c12-6-11(3-4-11)13-10(16)8-5-7(14(17)18)1-2-9(8)15/h1-2,5,15H,3-4H2,(H,13,16). The largest absolute Gasteiger partial charge is 0.507 e. The zero-order chi connectivity index (χ0) is 13.3. The Morgan fingerprint density at radius 2 is 2.22 bits per heavy atom. The van der Waals surface area contributed by atoms with Gasteiger partial charge in [0.05, 0.1) is 16.6 Å². The Hall–Kier alpha value is -2.62. The minimum absolute atomic E-state index is 0.203. The highest BCUT2D eigenvalue weighted by atomic mass is 16.6. The smallest absolute Gasteiger partial charge is 0.270 e. The average Bonchev–Trinajstić information content (AvgIpc) is 3.09. The van der Waals surface area contributed by atoms with E-state index >= 15 is 0 Å². The molecule has 0 heterocycles. The Balaban J connectivity index is 2.27. The number of rotatable bonds is 3. The number of benzene rings is 1. The van der Waals surface area contributed by atoms with Crippen LogP contribution in [-0.2, 0) is 0 Å². The number of phenolic OH excluding ortho intramolecular Hbond substituents is 1. The predicted octanol–water partition coefficient (Wildman–Crippen LogP) is 1.09. The number of nitrogens with one attached hydrogen (secondary N) is 1. The van der Waals surface area contributed by atoms with E-state index in [-0.39, 0.29) is 17.0 Å². The van der Waals surface area contributed by atoms with Gasteiger partial charge in [0, 0.05) is 12.1 Å². The summed E-state index contributed by atoms with van der Waals surface area (Å²) in [7, 11) is 0. The average molecular weight is 247 g/mol. The van der Waals surface area contributed by atoms with Crippen LogP contribution in [0, 0.1) is 21.4 Å². The van der Waals surface area contributed by atoms with Crippen LogP contribution in [0.25, 0.3) is 0 Å². The van der Waals surface area contributed by atoms with Crippen molar-refractivity contribution in [2.45, 2.75) is 18.4 Å². The van der Waals surface area contributed by atoms with Gasteiger partial charge >= 0.3 is 0 Å². The fourth-order valence-corrected chi connectivity index (χ4v) is 1.49. The third-order valence-corrected chi connectivity index (χ3v) is 2.75. The third-order valence-electron chi connectivity index (χ3n) is 2.75. The van der Waals surface area contributed by atoms with Crippen molar-refractivity contribution in [1.29, 1.82) is 5.26 Å². The number of non-ortho nitro benzene ring substituents is 1. The molecule has 0 bridgehead atoms. The van der Waals surface area contributed by atoms with E-state index in [9.17, 15) is 20.0 Å². The summed E-state index contributed by atoms with van der Waals surface area (Å²) in [5.74, 6) is -1.04. The number of nitro benzene ring substituents is 1. The van der Waals surface area contributed by atoms with Gasteiger partial charge in [0.15, 0.2) is 0 Å². The molecule has 1 fully saturated rings. The lowest BCUT2D eigenvalue weighted by Gasteiger charge is -2.09. The topological polar surface area (TPSA) is 116 Å². The van der Waals surface area contributed by atoms with Gasteiger partial charge in [0.2, 0.25) is 0 Å². The minimum Gasteiger partial charge on any atom is -0.507 e. The van der Waals surface area contributed by atoms with Crippen molar-refractivity contribution in [1.82, 2.24) is 5.32 Å². The van der Waals surface area contributed by atoms with E-state index in [1.165, 1.54) is 0 Å². The van der Waals surface area contributed by atoms with Crippen LogP contribution in [0.1, 0.15) is 23.2 Å². The Morgan fingerprint density at radius 3 is 2.72 bits per heavy atom. The fourth-order valence-electron chi connectivity index (χ4n) is 1.49. The van der Waals surface area contributed by atoms with Crippen LogP contribution >= 0.6 is 0 Å². The van der Waals surface area contributed by atoms with Crippen molar-refractivity contribution in [2.24, 2.45) is 0 Å². The van der Waals surface area contributed by atoms with E-state index in [0.717, 1.165) is 18.2 Å². The number of phenols is 1. The van der Waals surface area contributed by atoms with Gasteiger partial charge in [-0.25, -0.2) is 0 Å². The van der Waals surface area contributed by atoms with E-state index in [4.69, 9.17) is 5.26 Å². The highest BCUT2D eigenvalue weighted by Gasteiger charge is 2.45. The van der Waals surface area contributed by atoms with Gasteiger partial charge in [0.25, 0.3) is 11.6 Å². The molecule has 7 nitrogen and oxygen atoms in total. The Kier molecular flexibility index (Phi) is 2.63. The van der Waals surface area contributed by atoms with Crippen molar-refractivity contribution >= 4 is 11.6 Å². The maximum Gasteiger partial charge on any atom is 0.270 e. The number of carbonyl (C=O) groups excluding carboxylic acids is 1. The van der Waals surface area contributed by atoms with Crippen molar-refractivity contribution in [3.63, 3.8) is 0 Å². The summed E-state index contributed by atoms with van der Waals surface area (Å²) in [6, 6.07) is 5.13. The summed E-state index contributed by atoms with van der Waals surface area (Å²) < 4.78 is 0. The van der Waals surface area contributed by atoms with E-state index in [2.05, 4.69) is 5.32 Å². The lowest BCUT2D eigenvalue weighted by Crippen LogP contribution is -2.35. The first-order chi connectivity index (χ1) is 8.47. The molecule has 0 atom stereocenters. The van der Waals surface area contributed by atoms with Crippen LogP contribution in [0.5, 0.6) is 5.75 Å². The van der Waals surface area contributed by atoms with Gasteiger partial charge in [-0.2, -0.15) is 5.26 Å². The molecule has 1 aliphatic rings. The van der Waals surface area contributed by atoms with Crippen molar-refractivity contribution in [3.05, 3.63) is 33.9 Å². The van der Waals surface area contributed by atoms with Crippen LogP contribution in [0.2, 0.25) is 0 Å². The van der Waals surface area contributed by atoms with Gasteiger partial charge in [-0.3, -0.25) is 14.9 Å². The number of nitro groups is 1. The zero-order valence-corrected chi connectivity index (χ0v) is 9.21. The predicted molar refractivity (Wildman–Crippen MR) is 59.8 cm³/mol. The molecule has 1 aromatic rings. The van der Waals surface area contributed by atoms with Crippen LogP contribution in [0.3, 0.4) is 0 Å². The number of hydrogen-bond donors (Lipinski definition) is 2. The lowest BCUT2D eigenvalue weighted by atomic mass is 10.1. The molecular weight excluding hydrogens is 238 g/mol. The molecule has 0 radical (unpaired) electrons. The molecule has 1 amide bonds. The summed E-state index contributed by atoms with van der Waals surface area (Å²) in [4.78, 5) is 21.7. The summed E-state index contributed by atoms with van der Waals surface area (Å²) in [5, 5.41) is 31.4. The van der Waals surface area contributed by atoms with Crippen LogP contribution in [-0.4, -0.2) is 21.5 Å². The molecule has 0 spiro atoms. The molecule has 18 heavy (non-hydrogen) atoms. The maximum atomic E-state index is 11.8. The van der Waals surface area contributed by atoms with Crippen molar-refractivity contribution < 1.29 is 14.8 Å². The van der Waals surface area contributed by atoms with Gasteiger partial charge in [-0.1, -0.05) is 0 Å². The molecular formula is C11H9N3O4. The molecule has 1 aliphatic carbocycles. The fraction of sp³-hybridized carbons (Fsp3) is 0.273. The Bertz CT molecular complexity index is 572. The number of aromatic hydroxyl groups is 1. The van der Waals surface area contributed by atoms with Crippen LogP contribution in [0.15, 0.2) is 18.2 Å². The van der Waals surface area contributed by atoms with Gasteiger partial charge in [-0.05, 0) is 18.9 Å². The molecule has 92 valence electrons. The molecule has 1 saturated carbocycles. The third kappa shape index (κ3) is 2.08. The van der Waals surface area contributed by atoms with E-state index in [1.807, 2.05) is 6.07 Å². The monoisotopic (exact) mass is 247 g/mol. The van der Waals surface area contributed by atoms with E-state index in [0.29, 0.717) is 12.8 Å². The molecule has 0 saturated heterocycles. The Morgan fingerprint density at radius 1 is 1.56 bits per heavy atom. The second kappa shape index (κ2) is 4.00. The van der Waals surface area contributed by atoms with Gasteiger partial charge in [-0.15, -0.1) is 0 Å². The number of carbonyl (C=O) groups is 1. The van der Waals surface area contributed by atoms with Gasteiger partial charge in [0.1, 0.15) is 11.3 Å². The number of amides is 1. The molecule has 2 N–H and O–H groups in total.